The number of rotatable bonds is 7. The zero-order chi connectivity index (χ0) is 20.9. The Bertz CT molecular complexity index is 1010. The van der Waals surface area contributed by atoms with E-state index >= 15 is 0 Å². The molecule has 2 heterocycles. The Morgan fingerprint density at radius 2 is 1.47 bits per heavy atom. The number of benzene rings is 2. The second-order valence-electron chi connectivity index (χ2n) is 6.96. The Morgan fingerprint density at radius 1 is 0.833 bits per heavy atom. The first-order valence-electron chi connectivity index (χ1n) is 9.80. The molecule has 0 aliphatic carbocycles. The molecule has 1 fully saturated rings. The maximum atomic E-state index is 14.1. The van der Waals surface area contributed by atoms with Gasteiger partial charge >= 0.3 is 0 Å². The van der Waals surface area contributed by atoms with E-state index in [1.165, 1.54) is 13.2 Å². The number of hydrogen-bond donors (Lipinski definition) is 2. The third-order valence-corrected chi connectivity index (χ3v) is 4.89. The minimum Gasteiger partial charge on any atom is -0.497 e. The Labute approximate surface area is 174 Å². The van der Waals surface area contributed by atoms with Gasteiger partial charge in [0.05, 0.1) is 14.2 Å². The molecule has 0 saturated carbocycles. The summed E-state index contributed by atoms with van der Waals surface area (Å²) in [6.45, 7) is 1.84. The normalized spacial score (nSPS) is 13.2. The molecule has 1 saturated heterocycles. The van der Waals surface area contributed by atoms with Crippen LogP contribution < -0.4 is 25.0 Å². The molecular weight excluding hydrogens is 385 g/mol. The predicted molar refractivity (Wildman–Crippen MR) is 116 cm³/mol. The van der Waals surface area contributed by atoms with Crippen LogP contribution in [0.15, 0.2) is 48.5 Å². The quantitative estimate of drug-likeness (QED) is 0.585. The minimum atomic E-state index is -0.437. The fourth-order valence-electron chi connectivity index (χ4n) is 3.34. The van der Waals surface area contributed by atoms with Crippen LogP contribution in [0.4, 0.5) is 33.3 Å². The molecule has 7 nitrogen and oxygen atoms in total. The second kappa shape index (κ2) is 8.86. The van der Waals surface area contributed by atoms with Crippen molar-refractivity contribution in [1.82, 2.24) is 9.97 Å². The van der Waals surface area contributed by atoms with E-state index in [1.54, 1.807) is 25.3 Å². The highest BCUT2D eigenvalue weighted by Crippen LogP contribution is 2.27. The Hall–Kier alpha value is -3.55. The Balaban J connectivity index is 1.62. The number of aromatic nitrogens is 2. The van der Waals surface area contributed by atoms with Crippen molar-refractivity contribution < 1.29 is 13.9 Å². The van der Waals surface area contributed by atoms with E-state index in [1.807, 2.05) is 24.3 Å². The number of methoxy groups -OCH3 is 2. The van der Waals surface area contributed by atoms with Gasteiger partial charge in [-0.05, 0) is 49.2 Å². The first kappa shape index (κ1) is 19.8. The molecule has 1 aliphatic heterocycles. The molecule has 0 bridgehead atoms. The van der Waals surface area contributed by atoms with Gasteiger partial charge in [-0.2, -0.15) is 9.97 Å². The van der Waals surface area contributed by atoms with Gasteiger partial charge in [-0.25, -0.2) is 4.39 Å². The third-order valence-electron chi connectivity index (χ3n) is 4.89. The van der Waals surface area contributed by atoms with Gasteiger partial charge in [0.2, 0.25) is 5.95 Å². The van der Waals surface area contributed by atoms with Crippen LogP contribution >= 0.6 is 0 Å². The summed E-state index contributed by atoms with van der Waals surface area (Å²) in [6, 6.07) is 14.1. The summed E-state index contributed by atoms with van der Waals surface area (Å²) in [5, 5.41) is 6.48. The molecule has 0 atom stereocenters. The first-order chi connectivity index (χ1) is 14.6. The smallest absolute Gasteiger partial charge is 0.229 e. The molecule has 0 radical (unpaired) electrons. The van der Waals surface area contributed by atoms with E-state index in [0.29, 0.717) is 23.3 Å². The zero-order valence-electron chi connectivity index (χ0n) is 17.0. The van der Waals surface area contributed by atoms with Crippen LogP contribution in [-0.4, -0.2) is 37.3 Å². The highest BCUT2D eigenvalue weighted by atomic mass is 19.1. The molecule has 8 heteroatoms. The second-order valence-corrected chi connectivity index (χ2v) is 6.96. The van der Waals surface area contributed by atoms with Crippen LogP contribution in [0, 0.1) is 5.82 Å². The summed E-state index contributed by atoms with van der Waals surface area (Å²) < 4.78 is 24.3. The fraction of sp³-hybridized carbons (Fsp3) is 0.273. The third kappa shape index (κ3) is 4.53. The Kier molecular flexibility index (Phi) is 5.83. The van der Waals surface area contributed by atoms with Crippen molar-refractivity contribution >= 4 is 29.0 Å². The van der Waals surface area contributed by atoms with Crippen molar-refractivity contribution in [2.24, 2.45) is 0 Å². The van der Waals surface area contributed by atoms with E-state index in [-0.39, 0.29) is 5.75 Å². The molecule has 1 aliphatic rings. The maximum Gasteiger partial charge on any atom is 0.229 e. The SMILES string of the molecule is COc1ccc(Nc2cc(Nc3ccc(OC)c(F)c3)nc(N3CCCC3)n2)cc1. The highest BCUT2D eigenvalue weighted by molar-refractivity contribution is 5.66. The maximum absolute atomic E-state index is 14.1. The highest BCUT2D eigenvalue weighted by Gasteiger charge is 2.17. The molecule has 4 rings (SSSR count). The summed E-state index contributed by atoms with van der Waals surface area (Å²) in [7, 11) is 3.07. The van der Waals surface area contributed by atoms with Crippen LogP contribution in [0.1, 0.15) is 12.8 Å². The van der Waals surface area contributed by atoms with Gasteiger partial charge in [-0.1, -0.05) is 0 Å². The minimum absolute atomic E-state index is 0.197. The molecule has 0 spiro atoms. The number of nitrogens with zero attached hydrogens (tertiary/aromatic N) is 3. The molecule has 0 amide bonds. The number of anilines is 5. The van der Waals surface area contributed by atoms with Gasteiger partial charge in [-0.3, -0.25) is 0 Å². The van der Waals surface area contributed by atoms with Crippen molar-refractivity contribution in [1.29, 1.82) is 0 Å². The molecule has 2 N–H and O–H groups in total. The monoisotopic (exact) mass is 409 g/mol. The van der Waals surface area contributed by atoms with Crippen molar-refractivity contribution in [3.8, 4) is 11.5 Å². The summed E-state index contributed by atoms with van der Waals surface area (Å²) >= 11 is 0. The molecule has 3 aromatic rings. The van der Waals surface area contributed by atoms with E-state index in [4.69, 9.17) is 9.47 Å². The van der Waals surface area contributed by atoms with Crippen LogP contribution in [-0.2, 0) is 0 Å². The molecule has 1 aromatic heterocycles. The standard InChI is InChI=1S/C22H24FN5O2/c1-29-17-8-5-15(6-9-17)24-20-14-21(27-22(26-20)28-11-3-4-12-28)25-16-7-10-19(30-2)18(23)13-16/h5-10,13-14H,3-4,11-12H2,1-2H3,(H2,24,25,26,27). The van der Waals surface area contributed by atoms with Crippen molar-refractivity contribution in [3.63, 3.8) is 0 Å². The zero-order valence-corrected chi connectivity index (χ0v) is 17.0. The molecule has 30 heavy (non-hydrogen) atoms. The Morgan fingerprint density at radius 3 is 2.07 bits per heavy atom. The van der Waals surface area contributed by atoms with Gasteiger partial charge in [0.1, 0.15) is 17.4 Å². The fourth-order valence-corrected chi connectivity index (χ4v) is 3.34. The predicted octanol–water partition coefficient (Wildman–Crippen LogP) is 4.72. The van der Waals surface area contributed by atoms with Gasteiger partial charge in [0, 0.05) is 36.6 Å². The topological polar surface area (TPSA) is 71.5 Å². The lowest BCUT2D eigenvalue weighted by molar-refractivity contribution is 0.386. The average molecular weight is 409 g/mol. The van der Waals surface area contributed by atoms with E-state index in [0.717, 1.165) is 37.4 Å². The number of ether oxygens (including phenoxy) is 2. The largest absolute Gasteiger partial charge is 0.497 e. The number of hydrogen-bond acceptors (Lipinski definition) is 7. The van der Waals surface area contributed by atoms with E-state index < -0.39 is 5.82 Å². The first-order valence-corrected chi connectivity index (χ1v) is 9.80. The summed E-state index contributed by atoms with van der Waals surface area (Å²) in [6.07, 6.45) is 2.23. The van der Waals surface area contributed by atoms with Gasteiger partial charge in [-0.15, -0.1) is 0 Å². The average Bonchev–Trinajstić information content (AvgIpc) is 3.29. The lowest BCUT2D eigenvalue weighted by Crippen LogP contribution is -2.21. The number of halogens is 1. The summed E-state index contributed by atoms with van der Waals surface area (Å²) in [5.74, 6) is 2.41. The van der Waals surface area contributed by atoms with E-state index in [9.17, 15) is 4.39 Å². The summed E-state index contributed by atoms with van der Waals surface area (Å²) in [4.78, 5) is 11.5. The van der Waals surface area contributed by atoms with Crippen molar-refractivity contribution in [2.75, 3.05) is 42.8 Å². The lowest BCUT2D eigenvalue weighted by atomic mass is 10.3. The lowest BCUT2D eigenvalue weighted by Gasteiger charge is -2.18. The summed E-state index contributed by atoms with van der Waals surface area (Å²) in [5.41, 5.74) is 1.46. The van der Waals surface area contributed by atoms with Crippen molar-refractivity contribution in [2.45, 2.75) is 12.8 Å². The van der Waals surface area contributed by atoms with Crippen LogP contribution in [0.5, 0.6) is 11.5 Å². The van der Waals surface area contributed by atoms with Gasteiger partial charge in [0.15, 0.2) is 11.6 Å². The number of nitrogens with one attached hydrogen (secondary N) is 2. The van der Waals surface area contributed by atoms with E-state index in [2.05, 4.69) is 25.5 Å². The molecule has 0 unspecified atom stereocenters. The van der Waals surface area contributed by atoms with Gasteiger partial charge in [0.25, 0.3) is 0 Å². The molecule has 2 aromatic carbocycles. The van der Waals surface area contributed by atoms with Crippen molar-refractivity contribution in [3.05, 3.63) is 54.3 Å². The molecular formula is C22H24FN5O2. The molecule has 156 valence electrons. The van der Waals surface area contributed by atoms with Crippen LogP contribution in [0.2, 0.25) is 0 Å². The van der Waals surface area contributed by atoms with Gasteiger partial charge < -0.3 is 25.0 Å². The van der Waals surface area contributed by atoms with Crippen LogP contribution in [0.3, 0.4) is 0 Å². The van der Waals surface area contributed by atoms with Crippen LogP contribution in [0.25, 0.3) is 0 Å².